The molecule has 2 rings (SSSR count). The van der Waals surface area contributed by atoms with Crippen LogP contribution >= 0.6 is 0 Å². The summed E-state index contributed by atoms with van der Waals surface area (Å²) in [5, 5.41) is 8.18. The van der Waals surface area contributed by atoms with Crippen molar-refractivity contribution in [1.29, 1.82) is 0 Å². The molecular weight excluding hydrogens is 262 g/mol. The summed E-state index contributed by atoms with van der Waals surface area (Å²) < 4.78 is 7.74. The van der Waals surface area contributed by atoms with Crippen molar-refractivity contribution in [2.45, 2.75) is 71.6 Å². The van der Waals surface area contributed by atoms with Crippen molar-refractivity contribution in [3.8, 4) is 0 Å². The average molecular weight is 293 g/mol. The largest absolute Gasteiger partial charge is 0.378 e. The van der Waals surface area contributed by atoms with Crippen LogP contribution in [-0.4, -0.2) is 29.0 Å². The van der Waals surface area contributed by atoms with Crippen LogP contribution in [0.2, 0.25) is 0 Å². The number of hydrogen-bond donors (Lipinski definition) is 1. The Morgan fingerprint density at radius 2 is 2.14 bits per heavy atom. The van der Waals surface area contributed by atoms with Crippen LogP contribution in [0.3, 0.4) is 0 Å². The van der Waals surface area contributed by atoms with E-state index in [1.165, 1.54) is 31.2 Å². The van der Waals surface area contributed by atoms with Crippen LogP contribution in [0.15, 0.2) is 12.4 Å². The quantitative estimate of drug-likeness (QED) is 0.717. The van der Waals surface area contributed by atoms with E-state index < -0.39 is 0 Å². The van der Waals surface area contributed by atoms with Gasteiger partial charge in [0.2, 0.25) is 0 Å². The molecule has 0 saturated heterocycles. The lowest BCUT2D eigenvalue weighted by molar-refractivity contribution is -0.0291. The highest BCUT2D eigenvalue weighted by molar-refractivity contribution is 5.11. The van der Waals surface area contributed by atoms with E-state index in [0.29, 0.717) is 12.1 Å². The molecule has 0 amide bonds. The predicted molar refractivity (Wildman–Crippen MR) is 86.3 cm³/mol. The summed E-state index contributed by atoms with van der Waals surface area (Å²) >= 11 is 0. The van der Waals surface area contributed by atoms with Crippen molar-refractivity contribution < 1.29 is 4.74 Å². The van der Waals surface area contributed by atoms with Gasteiger partial charge < -0.3 is 10.1 Å². The highest BCUT2D eigenvalue weighted by Gasteiger charge is 2.31. The highest BCUT2D eigenvalue weighted by atomic mass is 16.5. The lowest BCUT2D eigenvalue weighted by atomic mass is 9.77. The molecule has 0 aliphatic heterocycles. The van der Waals surface area contributed by atoms with Gasteiger partial charge in [0.05, 0.1) is 12.3 Å². The molecule has 0 bridgehead atoms. The Bertz CT molecular complexity index is 398. The van der Waals surface area contributed by atoms with Crippen LogP contribution in [0.1, 0.15) is 64.5 Å². The second-order valence-electron chi connectivity index (χ2n) is 6.19. The Morgan fingerprint density at radius 1 is 1.33 bits per heavy atom. The molecule has 120 valence electrons. The molecule has 4 nitrogen and oxygen atoms in total. The van der Waals surface area contributed by atoms with Crippen molar-refractivity contribution in [2.24, 2.45) is 5.92 Å². The van der Waals surface area contributed by atoms with E-state index in [1.54, 1.807) is 0 Å². The summed E-state index contributed by atoms with van der Waals surface area (Å²) in [6.45, 7) is 9.43. The Balaban J connectivity index is 1.88. The molecule has 1 aliphatic rings. The molecule has 0 radical (unpaired) electrons. The summed E-state index contributed by atoms with van der Waals surface area (Å²) in [7, 11) is 0. The fraction of sp³-hybridized carbons (Fsp3) is 0.824. The first-order chi connectivity index (χ1) is 10.3. The molecule has 1 aromatic rings. The maximum Gasteiger partial charge on any atom is 0.0580 e. The third-order valence-corrected chi connectivity index (χ3v) is 4.31. The van der Waals surface area contributed by atoms with E-state index in [0.717, 1.165) is 32.0 Å². The van der Waals surface area contributed by atoms with E-state index in [2.05, 4.69) is 42.1 Å². The molecule has 0 aromatic carbocycles. The van der Waals surface area contributed by atoms with Gasteiger partial charge in [0.15, 0.2) is 0 Å². The zero-order valence-corrected chi connectivity index (χ0v) is 13.8. The van der Waals surface area contributed by atoms with Crippen molar-refractivity contribution in [3.63, 3.8) is 0 Å². The third kappa shape index (κ3) is 4.82. The molecular formula is C17H31N3O. The van der Waals surface area contributed by atoms with Crippen LogP contribution in [0.4, 0.5) is 0 Å². The molecule has 1 aliphatic carbocycles. The normalized spacial score (nSPS) is 23.0. The van der Waals surface area contributed by atoms with Crippen LogP contribution < -0.4 is 5.32 Å². The lowest BCUT2D eigenvalue weighted by Crippen LogP contribution is -2.35. The fourth-order valence-electron chi connectivity index (χ4n) is 3.14. The molecule has 1 saturated carbocycles. The van der Waals surface area contributed by atoms with Gasteiger partial charge in [0.25, 0.3) is 0 Å². The summed E-state index contributed by atoms with van der Waals surface area (Å²) in [4.78, 5) is 0. The molecule has 4 heteroatoms. The van der Waals surface area contributed by atoms with Gasteiger partial charge in [-0.2, -0.15) is 5.10 Å². The smallest absolute Gasteiger partial charge is 0.0580 e. The number of nitrogens with one attached hydrogen (secondary N) is 1. The van der Waals surface area contributed by atoms with Crippen molar-refractivity contribution in [2.75, 3.05) is 13.2 Å². The molecule has 1 aromatic heterocycles. The highest BCUT2D eigenvalue weighted by Crippen LogP contribution is 2.36. The van der Waals surface area contributed by atoms with Gasteiger partial charge in [-0.05, 0) is 51.5 Å². The van der Waals surface area contributed by atoms with Gasteiger partial charge >= 0.3 is 0 Å². The number of hydrogen-bond acceptors (Lipinski definition) is 3. The topological polar surface area (TPSA) is 39.1 Å². The Labute approximate surface area is 129 Å². The minimum Gasteiger partial charge on any atom is -0.378 e. The summed E-state index contributed by atoms with van der Waals surface area (Å²) in [6.07, 6.45) is 10.7. The van der Waals surface area contributed by atoms with Gasteiger partial charge in [0.1, 0.15) is 0 Å². The zero-order chi connectivity index (χ0) is 15.1. The fourth-order valence-corrected chi connectivity index (χ4v) is 3.14. The standard InChI is InChI=1S/C17H31N3O/c1-4-7-18-17(11-14-9-16(10-14)21-6-3)15-12-19-20(13-15)8-5-2/h12-14,16-18H,4-11H2,1-3H3. The number of nitrogens with zero attached hydrogens (tertiary/aromatic N) is 2. The molecule has 0 spiro atoms. The number of aryl methyl sites for hydroxylation is 1. The monoisotopic (exact) mass is 293 g/mol. The number of aromatic nitrogens is 2. The second-order valence-corrected chi connectivity index (χ2v) is 6.19. The first-order valence-corrected chi connectivity index (χ1v) is 8.64. The Hall–Kier alpha value is -0.870. The van der Waals surface area contributed by atoms with E-state index >= 15 is 0 Å². The SMILES string of the molecule is CCCNC(CC1CC(OCC)C1)c1cnn(CCC)c1. The van der Waals surface area contributed by atoms with Gasteiger partial charge in [-0.15, -0.1) is 0 Å². The molecule has 1 atom stereocenters. The first kappa shape index (κ1) is 16.5. The minimum atomic E-state index is 0.447. The van der Waals surface area contributed by atoms with Gasteiger partial charge in [0, 0.05) is 31.0 Å². The van der Waals surface area contributed by atoms with Crippen LogP contribution in [-0.2, 0) is 11.3 Å². The van der Waals surface area contributed by atoms with E-state index in [4.69, 9.17) is 4.74 Å². The first-order valence-electron chi connectivity index (χ1n) is 8.64. The van der Waals surface area contributed by atoms with Gasteiger partial charge in [-0.3, -0.25) is 4.68 Å². The maximum atomic E-state index is 5.68. The van der Waals surface area contributed by atoms with Gasteiger partial charge in [-0.1, -0.05) is 13.8 Å². The lowest BCUT2D eigenvalue weighted by Gasteiger charge is -2.37. The van der Waals surface area contributed by atoms with Crippen molar-refractivity contribution >= 4 is 0 Å². The van der Waals surface area contributed by atoms with E-state index in [1.807, 2.05) is 6.20 Å². The second kappa shape index (κ2) is 8.54. The molecule has 1 N–H and O–H groups in total. The van der Waals surface area contributed by atoms with Crippen molar-refractivity contribution in [1.82, 2.24) is 15.1 Å². The molecule has 1 heterocycles. The zero-order valence-electron chi connectivity index (χ0n) is 13.8. The Morgan fingerprint density at radius 3 is 2.81 bits per heavy atom. The van der Waals surface area contributed by atoms with Crippen LogP contribution in [0.5, 0.6) is 0 Å². The average Bonchev–Trinajstić information content (AvgIpc) is 2.89. The maximum absolute atomic E-state index is 5.68. The van der Waals surface area contributed by atoms with Crippen molar-refractivity contribution in [3.05, 3.63) is 18.0 Å². The summed E-state index contributed by atoms with van der Waals surface area (Å²) in [6, 6.07) is 0.447. The van der Waals surface area contributed by atoms with Crippen LogP contribution in [0.25, 0.3) is 0 Å². The Kier molecular flexibility index (Phi) is 6.71. The predicted octanol–water partition coefficient (Wildman–Crippen LogP) is 3.54. The van der Waals surface area contributed by atoms with E-state index in [9.17, 15) is 0 Å². The van der Waals surface area contributed by atoms with Crippen LogP contribution in [0, 0.1) is 5.92 Å². The summed E-state index contributed by atoms with van der Waals surface area (Å²) in [5.41, 5.74) is 1.34. The number of ether oxygens (including phenoxy) is 1. The van der Waals surface area contributed by atoms with E-state index in [-0.39, 0.29) is 0 Å². The molecule has 1 fully saturated rings. The minimum absolute atomic E-state index is 0.447. The number of rotatable bonds is 10. The molecule has 21 heavy (non-hydrogen) atoms. The van der Waals surface area contributed by atoms with Gasteiger partial charge in [-0.25, -0.2) is 0 Å². The summed E-state index contributed by atoms with van der Waals surface area (Å²) in [5.74, 6) is 0.797. The third-order valence-electron chi connectivity index (χ3n) is 4.31. The molecule has 1 unspecified atom stereocenters.